The molecule has 5 nitrogen and oxygen atoms in total. The van der Waals surface area contributed by atoms with Crippen molar-refractivity contribution in [3.63, 3.8) is 0 Å². The van der Waals surface area contributed by atoms with E-state index in [0.717, 1.165) is 24.0 Å². The summed E-state index contributed by atoms with van der Waals surface area (Å²) in [4.78, 5) is 27.0. The molecular weight excluding hydrogens is 337 g/mol. The lowest BCUT2D eigenvalue weighted by Gasteiger charge is -2.17. The molecule has 3 rings (SSSR count). The van der Waals surface area contributed by atoms with Crippen molar-refractivity contribution in [2.24, 2.45) is 0 Å². The molecule has 0 spiro atoms. The molecule has 0 bridgehead atoms. The predicted octanol–water partition coefficient (Wildman–Crippen LogP) is 3.22. The molecule has 0 saturated heterocycles. The van der Waals surface area contributed by atoms with E-state index in [9.17, 15) is 22.8 Å². The first-order valence-corrected chi connectivity index (χ1v) is 7.45. The molecule has 25 heavy (non-hydrogen) atoms. The molecule has 1 atom stereocenters. The maximum absolute atomic E-state index is 13.0. The van der Waals surface area contributed by atoms with Gasteiger partial charge in [-0.3, -0.25) is 9.78 Å². The highest BCUT2D eigenvalue weighted by molar-refractivity contribution is 5.96. The Morgan fingerprint density at radius 3 is 2.68 bits per heavy atom. The summed E-state index contributed by atoms with van der Waals surface area (Å²) in [5.74, 6) is -2.00. The number of carbonyl (C=O) groups excluding carboxylic acids is 1. The molecule has 0 fully saturated rings. The van der Waals surface area contributed by atoms with Crippen LogP contribution >= 0.6 is 0 Å². The SMILES string of the molecule is O=C(O)c1ccc2c(c1)C(NC(=O)c1cnccc1C(F)(F)F)CC2. The van der Waals surface area contributed by atoms with Gasteiger partial charge in [-0.25, -0.2) is 4.79 Å². The lowest BCUT2D eigenvalue weighted by molar-refractivity contribution is -0.138. The summed E-state index contributed by atoms with van der Waals surface area (Å²) in [5.41, 5.74) is -0.0594. The number of carboxylic acids is 1. The van der Waals surface area contributed by atoms with E-state index >= 15 is 0 Å². The summed E-state index contributed by atoms with van der Waals surface area (Å²) >= 11 is 0. The van der Waals surface area contributed by atoms with Crippen molar-refractivity contribution in [1.82, 2.24) is 10.3 Å². The number of hydrogen-bond acceptors (Lipinski definition) is 3. The fourth-order valence-corrected chi connectivity index (χ4v) is 2.94. The Bertz CT molecular complexity index is 849. The van der Waals surface area contributed by atoms with Crippen molar-refractivity contribution in [3.05, 3.63) is 64.5 Å². The van der Waals surface area contributed by atoms with Crippen molar-refractivity contribution in [2.45, 2.75) is 25.1 Å². The molecule has 1 aromatic heterocycles. The minimum atomic E-state index is -4.67. The second kappa shape index (κ2) is 6.19. The van der Waals surface area contributed by atoms with Gasteiger partial charge < -0.3 is 10.4 Å². The van der Waals surface area contributed by atoms with Gasteiger partial charge in [-0.2, -0.15) is 13.2 Å². The van der Waals surface area contributed by atoms with Gasteiger partial charge in [-0.15, -0.1) is 0 Å². The molecular formula is C17H13F3N2O3. The van der Waals surface area contributed by atoms with Crippen LogP contribution in [-0.2, 0) is 12.6 Å². The number of alkyl halides is 3. The van der Waals surface area contributed by atoms with Crippen LogP contribution < -0.4 is 5.32 Å². The molecule has 0 aliphatic heterocycles. The van der Waals surface area contributed by atoms with E-state index in [2.05, 4.69) is 10.3 Å². The molecule has 1 heterocycles. The van der Waals surface area contributed by atoms with Gasteiger partial charge in [0.05, 0.1) is 22.7 Å². The van der Waals surface area contributed by atoms with Crippen LogP contribution in [0.3, 0.4) is 0 Å². The third-order valence-corrected chi connectivity index (χ3v) is 4.15. The van der Waals surface area contributed by atoms with E-state index in [1.54, 1.807) is 6.07 Å². The molecule has 1 aliphatic rings. The quantitative estimate of drug-likeness (QED) is 0.891. The number of hydrogen-bond donors (Lipinski definition) is 2. The van der Waals surface area contributed by atoms with E-state index < -0.39 is 35.2 Å². The number of carbonyl (C=O) groups is 2. The second-order valence-corrected chi connectivity index (χ2v) is 5.70. The Labute approximate surface area is 140 Å². The minimum Gasteiger partial charge on any atom is -0.478 e. The van der Waals surface area contributed by atoms with Gasteiger partial charge in [-0.1, -0.05) is 6.07 Å². The molecule has 0 saturated carbocycles. The van der Waals surface area contributed by atoms with Crippen LogP contribution in [-0.4, -0.2) is 22.0 Å². The molecule has 1 amide bonds. The average molecular weight is 350 g/mol. The summed E-state index contributed by atoms with van der Waals surface area (Å²) < 4.78 is 39.1. The molecule has 8 heteroatoms. The van der Waals surface area contributed by atoms with E-state index in [1.165, 1.54) is 12.1 Å². The maximum Gasteiger partial charge on any atom is 0.417 e. The van der Waals surface area contributed by atoms with Crippen molar-refractivity contribution in [2.75, 3.05) is 0 Å². The lowest BCUT2D eigenvalue weighted by atomic mass is 10.0. The van der Waals surface area contributed by atoms with Crippen molar-refractivity contribution in [3.8, 4) is 0 Å². The van der Waals surface area contributed by atoms with Gasteiger partial charge in [0.25, 0.3) is 5.91 Å². The first-order chi connectivity index (χ1) is 11.8. The Hall–Kier alpha value is -2.90. The Balaban J connectivity index is 1.88. The molecule has 2 N–H and O–H groups in total. The van der Waals surface area contributed by atoms with Crippen molar-refractivity contribution < 1.29 is 27.9 Å². The topological polar surface area (TPSA) is 79.3 Å². The summed E-state index contributed by atoms with van der Waals surface area (Å²) in [7, 11) is 0. The van der Waals surface area contributed by atoms with Gasteiger partial charge in [0, 0.05) is 12.4 Å². The number of aryl methyl sites for hydroxylation is 1. The van der Waals surface area contributed by atoms with Crippen LogP contribution in [0.15, 0.2) is 36.7 Å². The number of halogens is 3. The predicted molar refractivity (Wildman–Crippen MR) is 81.2 cm³/mol. The van der Waals surface area contributed by atoms with E-state index in [0.29, 0.717) is 18.4 Å². The number of carboxylic acid groups (broad SMARTS) is 1. The highest BCUT2D eigenvalue weighted by Gasteiger charge is 2.36. The van der Waals surface area contributed by atoms with Gasteiger partial charge in [0.2, 0.25) is 0 Å². The number of rotatable bonds is 3. The lowest BCUT2D eigenvalue weighted by Crippen LogP contribution is -2.29. The Kier molecular flexibility index (Phi) is 4.20. The molecule has 0 radical (unpaired) electrons. The fraction of sp³-hybridized carbons (Fsp3) is 0.235. The van der Waals surface area contributed by atoms with Crippen molar-refractivity contribution >= 4 is 11.9 Å². The number of benzene rings is 1. The third kappa shape index (κ3) is 3.33. The van der Waals surface area contributed by atoms with E-state index in [-0.39, 0.29) is 5.56 Å². The van der Waals surface area contributed by atoms with E-state index in [1.807, 2.05) is 0 Å². The summed E-state index contributed by atoms with van der Waals surface area (Å²) in [6.45, 7) is 0. The summed E-state index contributed by atoms with van der Waals surface area (Å²) in [5, 5.41) is 11.6. The van der Waals surface area contributed by atoms with Gasteiger partial charge in [0.1, 0.15) is 0 Å². The number of nitrogens with zero attached hydrogens (tertiary/aromatic N) is 1. The standard InChI is InChI=1S/C17H13F3N2O3/c18-17(19,20)13-5-6-21-8-12(13)15(23)22-14-4-3-9-1-2-10(16(24)25)7-11(9)14/h1-2,5-8,14H,3-4H2,(H,22,23)(H,24,25). The summed E-state index contributed by atoms with van der Waals surface area (Å²) in [6.07, 6.45) is -1.71. The Morgan fingerprint density at radius 1 is 1.24 bits per heavy atom. The van der Waals surface area contributed by atoms with Crippen LogP contribution in [0.5, 0.6) is 0 Å². The zero-order valence-corrected chi connectivity index (χ0v) is 12.8. The fourth-order valence-electron chi connectivity index (χ4n) is 2.94. The first kappa shape index (κ1) is 16.9. The third-order valence-electron chi connectivity index (χ3n) is 4.15. The molecule has 1 aromatic carbocycles. The molecule has 130 valence electrons. The maximum atomic E-state index is 13.0. The molecule has 1 unspecified atom stereocenters. The number of fused-ring (bicyclic) bond motifs is 1. The highest BCUT2D eigenvalue weighted by Crippen LogP contribution is 2.34. The largest absolute Gasteiger partial charge is 0.478 e. The number of amides is 1. The van der Waals surface area contributed by atoms with Gasteiger partial charge in [0.15, 0.2) is 0 Å². The van der Waals surface area contributed by atoms with Crippen molar-refractivity contribution in [1.29, 1.82) is 0 Å². The zero-order chi connectivity index (χ0) is 18.2. The van der Waals surface area contributed by atoms with E-state index in [4.69, 9.17) is 5.11 Å². The summed E-state index contributed by atoms with van der Waals surface area (Å²) in [6, 6.07) is 4.79. The number of aromatic nitrogens is 1. The van der Waals surface area contributed by atoms with Crippen LogP contribution in [0.4, 0.5) is 13.2 Å². The second-order valence-electron chi connectivity index (χ2n) is 5.70. The van der Waals surface area contributed by atoms with Crippen LogP contribution in [0.2, 0.25) is 0 Å². The van der Waals surface area contributed by atoms with Crippen LogP contribution in [0.1, 0.15) is 49.9 Å². The highest BCUT2D eigenvalue weighted by atomic mass is 19.4. The number of aromatic carboxylic acids is 1. The Morgan fingerprint density at radius 2 is 2.00 bits per heavy atom. The number of nitrogens with one attached hydrogen (secondary N) is 1. The molecule has 2 aromatic rings. The number of pyridine rings is 1. The van der Waals surface area contributed by atoms with Gasteiger partial charge in [-0.05, 0) is 42.2 Å². The van der Waals surface area contributed by atoms with Crippen LogP contribution in [0.25, 0.3) is 0 Å². The van der Waals surface area contributed by atoms with Gasteiger partial charge >= 0.3 is 12.1 Å². The first-order valence-electron chi connectivity index (χ1n) is 7.45. The zero-order valence-electron chi connectivity index (χ0n) is 12.8. The smallest absolute Gasteiger partial charge is 0.417 e. The normalized spacial score (nSPS) is 16.4. The monoisotopic (exact) mass is 350 g/mol. The molecule has 1 aliphatic carbocycles. The van der Waals surface area contributed by atoms with Crippen LogP contribution in [0, 0.1) is 0 Å². The average Bonchev–Trinajstić information content (AvgIpc) is 2.96. The minimum absolute atomic E-state index is 0.0669.